The van der Waals surface area contributed by atoms with E-state index < -0.39 is 46.0 Å². The zero-order valence-corrected chi connectivity index (χ0v) is 27.6. The molecule has 2 aliphatic rings. The van der Waals surface area contributed by atoms with Crippen molar-refractivity contribution in [3.63, 3.8) is 0 Å². The van der Waals surface area contributed by atoms with Gasteiger partial charge in [-0.1, -0.05) is 18.2 Å². The molecule has 1 saturated heterocycles. The lowest BCUT2D eigenvalue weighted by Crippen LogP contribution is -2.60. The highest BCUT2D eigenvalue weighted by Gasteiger charge is 2.48. The minimum atomic E-state index is -3.90. The minimum Gasteiger partial charge on any atom is -0.497 e. The van der Waals surface area contributed by atoms with Crippen LogP contribution in [0.3, 0.4) is 0 Å². The van der Waals surface area contributed by atoms with E-state index in [0.29, 0.717) is 19.0 Å². The lowest BCUT2D eigenvalue weighted by molar-refractivity contribution is -0.0880. The molecule has 0 spiro atoms. The third kappa shape index (κ3) is 8.77. The first-order valence-electron chi connectivity index (χ1n) is 14.9. The van der Waals surface area contributed by atoms with Crippen LogP contribution < -0.4 is 14.4 Å². The molecule has 0 N–H and O–H groups in total. The summed E-state index contributed by atoms with van der Waals surface area (Å²) in [7, 11) is -0.617. The molecule has 1 amide bonds. The summed E-state index contributed by atoms with van der Waals surface area (Å²) in [6.07, 6.45) is -0.211. The van der Waals surface area contributed by atoms with E-state index in [1.54, 1.807) is 41.9 Å². The zero-order valence-electron chi connectivity index (χ0n) is 26.8. The summed E-state index contributed by atoms with van der Waals surface area (Å²) in [5.41, 5.74) is 1.98. The largest absolute Gasteiger partial charge is 0.497 e. The van der Waals surface area contributed by atoms with Crippen LogP contribution in [0.15, 0.2) is 42.5 Å². The van der Waals surface area contributed by atoms with E-state index in [1.165, 1.54) is 4.90 Å². The third-order valence-electron chi connectivity index (χ3n) is 7.74. The number of carbonyl (C=O) groups excluding carboxylic acids is 1. The predicted molar refractivity (Wildman–Crippen MR) is 167 cm³/mol. The second-order valence-electron chi connectivity index (χ2n) is 12.3. The number of anilines is 1. The van der Waals surface area contributed by atoms with Gasteiger partial charge in [0.15, 0.2) is 0 Å². The number of fused-ring (bicyclic) bond motifs is 1. The molecule has 0 bridgehead atoms. The van der Waals surface area contributed by atoms with Crippen molar-refractivity contribution in [3.05, 3.63) is 53.6 Å². The molecule has 1 unspecified atom stereocenters. The highest BCUT2D eigenvalue weighted by atomic mass is 32.2. The first-order chi connectivity index (χ1) is 20.8. The van der Waals surface area contributed by atoms with Crippen molar-refractivity contribution >= 4 is 21.9 Å². The van der Waals surface area contributed by atoms with Gasteiger partial charge in [-0.15, -0.1) is 0 Å². The molecular formula is C32H46N2O9S. The molecule has 4 atom stereocenters. The smallest absolute Gasteiger partial charge is 0.410 e. The summed E-state index contributed by atoms with van der Waals surface area (Å²) in [4.78, 5) is 17.2. The van der Waals surface area contributed by atoms with Crippen molar-refractivity contribution < 1.29 is 41.1 Å². The number of rotatable bonds is 11. The fraction of sp³-hybridized carbons (Fsp3) is 0.594. The van der Waals surface area contributed by atoms with E-state index in [-0.39, 0.29) is 13.2 Å². The molecule has 0 saturated carbocycles. The highest BCUT2D eigenvalue weighted by Crippen LogP contribution is 2.39. The summed E-state index contributed by atoms with van der Waals surface area (Å²) < 4.78 is 59.6. The van der Waals surface area contributed by atoms with Gasteiger partial charge in [0.1, 0.15) is 29.8 Å². The first kappa shape index (κ1) is 33.8. The zero-order chi connectivity index (χ0) is 32.1. The van der Waals surface area contributed by atoms with Crippen LogP contribution in [0.5, 0.6) is 11.5 Å². The number of piperidine rings is 1. The Bertz CT molecular complexity index is 1360. The van der Waals surface area contributed by atoms with Crippen LogP contribution in [0.25, 0.3) is 0 Å². The van der Waals surface area contributed by atoms with Gasteiger partial charge < -0.3 is 33.5 Å². The van der Waals surface area contributed by atoms with Crippen LogP contribution in [0, 0.1) is 0 Å². The molecule has 11 nitrogen and oxygen atoms in total. The summed E-state index contributed by atoms with van der Waals surface area (Å²) in [5.74, 6) is 0.964. The number of ether oxygens (including phenoxy) is 5. The Kier molecular flexibility index (Phi) is 11.0. The number of carbonyl (C=O) groups is 1. The molecule has 0 aliphatic carbocycles. The van der Waals surface area contributed by atoms with E-state index in [4.69, 9.17) is 27.9 Å². The maximum absolute atomic E-state index is 13.4. The van der Waals surface area contributed by atoms with E-state index in [0.717, 1.165) is 48.3 Å². The van der Waals surface area contributed by atoms with Crippen molar-refractivity contribution in [1.29, 1.82) is 0 Å². The van der Waals surface area contributed by atoms with E-state index in [2.05, 4.69) is 11.0 Å². The first-order valence-corrected chi connectivity index (χ1v) is 16.7. The van der Waals surface area contributed by atoms with Crippen LogP contribution in [-0.2, 0) is 35.1 Å². The maximum atomic E-state index is 13.4. The van der Waals surface area contributed by atoms with Crippen molar-refractivity contribution in [2.45, 2.75) is 70.5 Å². The maximum Gasteiger partial charge on any atom is 0.410 e. The topological polar surface area (TPSA) is 113 Å². The van der Waals surface area contributed by atoms with Crippen LogP contribution >= 0.6 is 0 Å². The Morgan fingerprint density at radius 1 is 1.09 bits per heavy atom. The molecule has 0 radical (unpaired) electrons. The molecule has 2 aromatic rings. The average molecular weight is 635 g/mol. The standard InChI is InChI=1S/C32H46N2O9S/c1-22-30(43-44(7,36)37)29(24-10-12-25(39-6)13-11-24)28(20-34(22)31(35)42-32(2,3)4)41-21-23-9-14-27-26(19-23)33(16-18-40-27)15-8-17-38-5/h9-14,19,22,28-30H,8,15-18,20-21H2,1-7H3/t22?,28-,29+,30+/m0/s1. The lowest BCUT2D eigenvalue weighted by atomic mass is 9.81. The van der Waals surface area contributed by atoms with Crippen LogP contribution in [0.2, 0.25) is 0 Å². The number of hydrogen-bond donors (Lipinski definition) is 0. The van der Waals surface area contributed by atoms with Gasteiger partial charge in [0, 0.05) is 26.2 Å². The minimum absolute atomic E-state index is 0.174. The van der Waals surface area contributed by atoms with Crippen LogP contribution in [-0.4, -0.2) is 96.6 Å². The molecule has 244 valence electrons. The summed E-state index contributed by atoms with van der Waals surface area (Å²) in [6.45, 7) is 10.4. The molecule has 1 fully saturated rings. The number of hydrogen-bond acceptors (Lipinski definition) is 10. The highest BCUT2D eigenvalue weighted by molar-refractivity contribution is 7.86. The molecular weight excluding hydrogens is 588 g/mol. The predicted octanol–water partition coefficient (Wildman–Crippen LogP) is 4.58. The van der Waals surface area contributed by atoms with E-state index >= 15 is 0 Å². The summed E-state index contributed by atoms with van der Waals surface area (Å²) in [6, 6.07) is 12.7. The van der Waals surface area contributed by atoms with Crippen LogP contribution in [0.4, 0.5) is 10.5 Å². The number of amides is 1. The molecule has 0 aromatic heterocycles. The quantitative estimate of drug-likeness (QED) is 0.257. The van der Waals surface area contributed by atoms with Gasteiger partial charge in [0.25, 0.3) is 10.1 Å². The van der Waals surface area contributed by atoms with E-state index in [1.807, 2.05) is 36.4 Å². The Balaban J connectivity index is 1.66. The van der Waals surface area contributed by atoms with Gasteiger partial charge in [-0.05, 0) is 69.5 Å². The average Bonchev–Trinajstić information content (AvgIpc) is 2.96. The molecule has 44 heavy (non-hydrogen) atoms. The molecule has 4 rings (SSSR count). The van der Waals surface area contributed by atoms with Gasteiger partial charge in [-0.3, -0.25) is 4.18 Å². The fourth-order valence-electron chi connectivity index (χ4n) is 5.70. The Morgan fingerprint density at radius 3 is 2.45 bits per heavy atom. The Labute approximate surface area is 261 Å². The van der Waals surface area contributed by atoms with Crippen molar-refractivity contribution in [2.24, 2.45) is 0 Å². The van der Waals surface area contributed by atoms with Gasteiger partial charge in [-0.25, -0.2) is 4.79 Å². The Hall–Kier alpha value is -3.06. The second-order valence-corrected chi connectivity index (χ2v) is 13.9. The van der Waals surface area contributed by atoms with Gasteiger partial charge >= 0.3 is 6.09 Å². The van der Waals surface area contributed by atoms with Gasteiger partial charge in [0.2, 0.25) is 0 Å². The molecule has 2 heterocycles. The number of benzene rings is 2. The van der Waals surface area contributed by atoms with Crippen molar-refractivity contribution in [3.8, 4) is 11.5 Å². The monoisotopic (exact) mass is 634 g/mol. The molecule has 2 aromatic carbocycles. The lowest BCUT2D eigenvalue weighted by Gasteiger charge is -2.47. The second kappa shape index (κ2) is 14.4. The number of likely N-dealkylation sites (tertiary alicyclic amines) is 1. The summed E-state index contributed by atoms with van der Waals surface area (Å²) >= 11 is 0. The number of nitrogens with zero attached hydrogens (tertiary/aromatic N) is 2. The fourth-order valence-corrected chi connectivity index (χ4v) is 6.38. The summed E-state index contributed by atoms with van der Waals surface area (Å²) in [5, 5.41) is 0. The number of methoxy groups -OCH3 is 2. The SMILES string of the molecule is COCCCN1CCOc2ccc(CO[C@H]3CN(C(=O)OC(C)(C)C)C(C)[C@@H](OS(C)(=O)=O)[C@@H]3c3ccc(OC)cc3)cc21. The van der Waals surface area contributed by atoms with Gasteiger partial charge in [0.05, 0.1) is 50.9 Å². The van der Waals surface area contributed by atoms with Crippen molar-refractivity contribution in [2.75, 3.05) is 58.2 Å². The van der Waals surface area contributed by atoms with Crippen molar-refractivity contribution in [1.82, 2.24) is 4.90 Å². The van der Waals surface area contributed by atoms with E-state index in [9.17, 15) is 13.2 Å². The Morgan fingerprint density at radius 2 is 1.82 bits per heavy atom. The third-order valence-corrected chi connectivity index (χ3v) is 8.31. The molecule has 2 aliphatic heterocycles. The van der Waals surface area contributed by atoms with Crippen LogP contribution in [0.1, 0.15) is 51.2 Å². The molecule has 12 heteroatoms. The van der Waals surface area contributed by atoms with Gasteiger partial charge in [-0.2, -0.15) is 8.42 Å². The normalized spacial score (nSPS) is 22.2.